The van der Waals surface area contributed by atoms with Crippen LogP contribution in [0.3, 0.4) is 0 Å². The number of pyridine rings is 1. The fourth-order valence-electron chi connectivity index (χ4n) is 2.06. The van der Waals surface area contributed by atoms with Gasteiger partial charge in [0.25, 0.3) is 0 Å². The summed E-state index contributed by atoms with van der Waals surface area (Å²) >= 11 is 0. The zero-order chi connectivity index (χ0) is 10.3. The van der Waals surface area contributed by atoms with Crippen LogP contribution in [0.25, 0.3) is 0 Å². The van der Waals surface area contributed by atoms with Gasteiger partial charge in [0.15, 0.2) is 0 Å². The molecule has 1 heterocycles. The van der Waals surface area contributed by atoms with Crippen LogP contribution in [0, 0.1) is 5.92 Å². The van der Waals surface area contributed by atoms with Crippen LogP contribution < -0.4 is 5.73 Å². The number of hydrogen-bond donors (Lipinski definition) is 2. The molecular weight excluding hydrogens is 180 g/mol. The van der Waals surface area contributed by atoms with E-state index in [0.717, 1.165) is 5.56 Å². The molecule has 0 bridgehead atoms. The topological polar surface area (TPSA) is 76.2 Å². The minimum Gasteiger partial charge on any atom is -0.480 e. The Bertz CT molecular complexity index is 391. The highest BCUT2D eigenvalue weighted by Crippen LogP contribution is 2.38. The third-order valence-corrected chi connectivity index (χ3v) is 3.01. The number of aliphatic carboxylic acids is 1. The van der Waals surface area contributed by atoms with Crippen LogP contribution in [0.15, 0.2) is 18.5 Å². The molecular formula is C10H12N2O2. The Balaban J connectivity index is 2.60. The molecule has 74 valence electrons. The first-order valence-corrected chi connectivity index (χ1v) is 4.52. The van der Waals surface area contributed by atoms with Gasteiger partial charge in [-0.05, 0) is 24.0 Å². The third-order valence-electron chi connectivity index (χ3n) is 3.01. The summed E-state index contributed by atoms with van der Waals surface area (Å²) in [6.45, 7) is 1.86. The Labute approximate surface area is 81.8 Å². The minimum atomic E-state index is -1.26. The van der Waals surface area contributed by atoms with E-state index in [1.807, 2.05) is 13.0 Å². The molecule has 0 saturated heterocycles. The van der Waals surface area contributed by atoms with Crippen molar-refractivity contribution in [1.29, 1.82) is 0 Å². The van der Waals surface area contributed by atoms with Crippen LogP contribution in [-0.2, 0) is 16.8 Å². The molecule has 4 nitrogen and oxygen atoms in total. The highest BCUT2D eigenvalue weighted by Gasteiger charge is 2.47. The van der Waals surface area contributed by atoms with Crippen LogP contribution in [0.2, 0.25) is 0 Å². The van der Waals surface area contributed by atoms with Crippen molar-refractivity contribution in [3.05, 3.63) is 29.6 Å². The molecule has 0 fully saturated rings. The predicted molar refractivity (Wildman–Crippen MR) is 50.6 cm³/mol. The number of hydrogen-bond acceptors (Lipinski definition) is 3. The Kier molecular flexibility index (Phi) is 1.82. The molecule has 3 N–H and O–H groups in total. The summed E-state index contributed by atoms with van der Waals surface area (Å²) < 4.78 is 0. The Morgan fingerprint density at radius 2 is 2.50 bits per heavy atom. The molecule has 4 heteroatoms. The second-order valence-corrected chi connectivity index (χ2v) is 3.81. The summed E-state index contributed by atoms with van der Waals surface area (Å²) in [5, 5.41) is 9.14. The molecule has 0 amide bonds. The average Bonchev–Trinajstić information content (AvgIpc) is 2.41. The quantitative estimate of drug-likeness (QED) is 0.679. The molecule has 0 aromatic carbocycles. The summed E-state index contributed by atoms with van der Waals surface area (Å²) in [4.78, 5) is 15.1. The van der Waals surface area contributed by atoms with Gasteiger partial charge >= 0.3 is 5.97 Å². The van der Waals surface area contributed by atoms with Crippen LogP contribution in [-0.4, -0.2) is 16.1 Å². The number of nitrogens with zero attached hydrogens (tertiary/aromatic N) is 1. The maximum Gasteiger partial charge on any atom is 0.328 e. The van der Waals surface area contributed by atoms with E-state index in [1.54, 1.807) is 12.4 Å². The van der Waals surface area contributed by atoms with Gasteiger partial charge in [0.1, 0.15) is 5.54 Å². The molecule has 1 aliphatic carbocycles. The lowest BCUT2D eigenvalue weighted by Gasteiger charge is -2.24. The van der Waals surface area contributed by atoms with Gasteiger partial charge in [-0.25, -0.2) is 4.79 Å². The van der Waals surface area contributed by atoms with Gasteiger partial charge in [0, 0.05) is 18.0 Å². The van der Waals surface area contributed by atoms with E-state index in [-0.39, 0.29) is 5.92 Å². The van der Waals surface area contributed by atoms with Gasteiger partial charge in [0.05, 0.1) is 0 Å². The highest BCUT2D eigenvalue weighted by atomic mass is 16.4. The molecule has 1 aliphatic rings. The molecule has 0 saturated carbocycles. The maximum atomic E-state index is 11.1. The first-order valence-electron chi connectivity index (χ1n) is 4.52. The fourth-order valence-corrected chi connectivity index (χ4v) is 2.06. The second kappa shape index (κ2) is 2.78. The van der Waals surface area contributed by atoms with Gasteiger partial charge in [-0.15, -0.1) is 0 Å². The molecule has 2 unspecified atom stereocenters. The lowest BCUT2D eigenvalue weighted by atomic mass is 9.86. The van der Waals surface area contributed by atoms with E-state index < -0.39 is 11.5 Å². The van der Waals surface area contributed by atoms with E-state index in [1.165, 1.54) is 0 Å². The maximum absolute atomic E-state index is 11.1. The van der Waals surface area contributed by atoms with Crippen molar-refractivity contribution >= 4 is 5.97 Å². The number of rotatable bonds is 1. The van der Waals surface area contributed by atoms with E-state index in [4.69, 9.17) is 10.8 Å². The summed E-state index contributed by atoms with van der Waals surface area (Å²) in [5.41, 5.74) is 6.31. The van der Waals surface area contributed by atoms with Crippen molar-refractivity contribution in [2.24, 2.45) is 11.7 Å². The van der Waals surface area contributed by atoms with Crippen LogP contribution in [0.4, 0.5) is 0 Å². The Hall–Kier alpha value is -1.42. The van der Waals surface area contributed by atoms with Crippen LogP contribution in [0.1, 0.15) is 18.1 Å². The Morgan fingerprint density at radius 1 is 1.79 bits per heavy atom. The lowest BCUT2D eigenvalue weighted by molar-refractivity contribution is -0.145. The van der Waals surface area contributed by atoms with Gasteiger partial charge in [-0.3, -0.25) is 4.98 Å². The van der Waals surface area contributed by atoms with Crippen LogP contribution >= 0.6 is 0 Å². The minimum absolute atomic E-state index is 0.0841. The molecule has 0 spiro atoms. The first kappa shape index (κ1) is 9.15. The van der Waals surface area contributed by atoms with Crippen molar-refractivity contribution < 1.29 is 9.90 Å². The number of carboxylic acids is 1. The number of aromatic nitrogens is 1. The largest absolute Gasteiger partial charge is 0.480 e. The van der Waals surface area contributed by atoms with Crippen molar-refractivity contribution in [2.75, 3.05) is 0 Å². The molecule has 14 heavy (non-hydrogen) atoms. The van der Waals surface area contributed by atoms with E-state index >= 15 is 0 Å². The summed E-state index contributed by atoms with van der Waals surface area (Å²) in [5.74, 6) is -1.06. The predicted octanol–water partition coefficient (Wildman–Crippen LogP) is 0.512. The zero-order valence-corrected chi connectivity index (χ0v) is 7.90. The van der Waals surface area contributed by atoms with Crippen molar-refractivity contribution in [3.63, 3.8) is 0 Å². The fraction of sp³-hybridized carbons (Fsp3) is 0.400. The molecule has 0 aliphatic heterocycles. The molecule has 2 rings (SSSR count). The highest BCUT2D eigenvalue weighted by molar-refractivity contribution is 5.82. The summed E-state index contributed by atoms with van der Waals surface area (Å²) in [6, 6.07) is 1.84. The third kappa shape index (κ3) is 0.974. The lowest BCUT2D eigenvalue weighted by Crippen LogP contribution is -2.47. The van der Waals surface area contributed by atoms with E-state index in [2.05, 4.69) is 4.98 Å². The number of nitrogens with two attached hydrogens (primary N) is 1. The van der Waals surface area contributed by atoms with E-state index in [9.17, 15) is 4.79 Å². The summed E-state index contributed by atoms with van der Waals surface area (Å²) in [7, 11) is 0. The van der Waals surface area contributed by atoms with E-state index in [0.29, 0.717) is 12.0 Å². The number of fused-ring (bicyclic) bond motifs is 1. The summed E-state index contributed by atoms with van der Waals surface area (Å²) in [6.07, 6.45) is 3.94. The Morgan fingerprint density at radius 3 is 3.14 bits per heavy atom. The molecule has 0 radical (unpaired) electrons. The second-order valence-electron chi connectivity index (χ2n) is 3.81. The number of carbonyl (C=O) groups is 1. The van der Waals surface area contributed by atoms with Crippen molar-refractivity contribution in [2.45, 2.75) is 18.9 Å². The van der Waals surface area contributed by atoms with Crippen molar-refractivity contribution in [3.8, 4) is 0 Å². The van der Waals surface area contributed by atoms with Gasteiger partial charge < -0.3 is 10.8 Å². The smallest absolute Gasteiger partial charge is 0.328 e. The SMILES string of the molecule is CC1Cc2ccncc2C1(N)C(=O)O. The van der Waals surface area contributed by atoms with Crippen molar-refractivity contribution in [1.82, 2.24) is 4.98 Å². The van der Waals surface area contributed by atoms with Crippen LogP contribution in [0.5, 0.6) is 0 Å². The normalized spacial score (nSPS) is 30.0. The van der Waals surface area contributed by atoms with Gasteiger partial charge in [0.2, 0.25) is 0 Å². The average molecular weight is 192 g/mol. The first-order chi connectivity index (χ1) is 6.56. The number of carboxylic acid groups (broad SMARTS) is 1. The molecule has 1 aromatic heterocycles. The monoisotopic (exact) mass is 192 g/mol. The van der Waals surface area contributed by atoms with Gasteiger partial charge in [-0.2, -0.15) is 0 Å². The van der Waals surface area contributed by atoms with Gasteiger partial charge in [-0.1, -0.05) is 6.92 Å². The molecule has 2 atom stereocenters. The standard InChI is InChI=1S/C10H12N2O2/c1-6-4-7-2-3-12-5-8(7)10(6,11)9(13)14/h2-3,5-6H,4,11H2,1H3,(H,13,14). The zero-order valence-electron chi connectivity index (χ0n) is 7.90. The molecule has 1 aromatic rings.